The van der Waals surface area contributed by atoms with Gasteiger partial charge in [0.05, 0.1) is 11.2 Å². The Morgan fingerprint density at radius 2 is 2.08 bits per heavy atom. The number of aromatic nitrogens is 3. The van der Waals surface area contributed by atoms with Gasteiger partial charge in [0.15, 0.2) is 5.52 Å². The van der Waals surface area contributed by atoms with Crippen LogP contribution in [0.1, 0.15) is 18.9 Å². The van der Waals surface area contributed by atoms with E-state index in [0.29, 0.717) is 12.8 Å². The van der Waals surface area contributed by atoms with E-state index in [-0.39, 0.29) is 22.8 Å². The molecule has 1 amide bonds. The molecule has 1 saturated carbocycles. The average molecular weight is 378 g/mol. The summed E-state index contributed by atoms with van der Waals surface area (Å²) in [6.45, 7) is -0.448. The van der Waals surface area contributed by atoms with Gasteiger partial charge in [-0.05, 0) is 36.5 Å². The summed E-state index contributed by atoms with van der Waals surface area (Å²) in [7, 11) is 0. The fraction of sp³-hybridized carbons (Fsp3) is 0.250. The molecule has 1 fully saturated rings. The van der Waals surface area contributed by atoms with Crippen LogP contribution in [0.2, 0.25) is 0 Å². The highest BCUT2D eigenvalue weighted by atomic mass is 32.1. The number of nitrogens with zero attached hydrogens (tertiary/aromatic N) is 3. The van der Waals surface area contributed by atoms with Crippen LogP contribution in [0.15, 0.2) is 33.2 Å². The summed E-state index contributed by atoms with van der Waals surface area (Å²) >= 11 is 1.00. The average Bonchev–Trinajstić information content (AvgIpc) is 3.30. The topological polar surface area (TPSA) is 86.0 Å². The molecule has 4 rings (SSSR count). The van der Waals surface area contributed by atoms with Crippen molar-refractivity contribution in [1.29, 1.82) is 0 Å². The fourth-order valence-corrected chi connectivity index (χ4v) is 3.41. The summed E-state index contributed by atoms with van der Waals surface area (Å²) in [6, 6.07) is 2.49. The number of fused-ring (bicyclic) bond motifs is 1. The van der Waals surface area contributed by atoms with Crippen LogP contribution in [0.25, 0.3) is 11.0 Å². The predicted molar refractivity (Wildman–Crippen MR) is 91.4 cm³/mol. The molecule has 0 aliphatic heterocycles. The molecule has 3 aromatic rings. The number of amides is 1. The third-order valence-corrected chi connectivity index (χ3v) is 4.73. The van der Waals surface area contributed by atoms with Crippen molar-refractivity contribution < 1.29 is 13.6 Å². The second-order valence-electron chi connectivity index (χ2n) is 6.00. The Kier molecular flexibility index (Phi) is 3.91. The van der Waals surface area contributed by atoms with E-state index in [1.54, 1.807) is 0 Å². The monoisotopic (exact) mass is 378 g/mol. The zero-order chi connectivity index (χ0) is 18.4. The van der Waals surface area contributed by atoms with Gasteiger partial charge in [0.1, 0.15) is 18.2 Å². The van der Waals surface area contributed by atoms with Crippen LogP contribution in [0.5, 0.6) is 0 Å². The molecule has 134 valence electrons. The van der Waals surface area contributed by atoms with Crippen LogP contribution < -0.4 is 16.6 Å². The molecule has 0 radical (unpaired) electrons. The highest BCUT2D eigenvalue weighted by molar-refractivity contribution is 7.04. The number of nitrogens with one attached hydrogen (secondary N) is 1. The van der Waals surface area contributed by atoms with E-state index in [9.17, 15) is 23.2 Å². The van der Waals surface area contributed by atoms with E-state index in [0.717, 1.165) is 38.9 Å². The standard InChI is InChI=1S/C16H12F2N4O3S/c17-8-1-4-10(18)11(5-8)19-13(23)6-21-12-7-26-20-14(12)15(24)22(16(21)25)9-2-3-9/h1,4-5,7,9H,2-3,6H2,(H,19,23). The number of anilines is 1. The summed E-state index contributed by atoms with van der Waals surface area (Å²) < 4.78 is 33.2. The zero-order valence-electron chi connectivity index (χ0n) is 13.2. The lowest BCUT2D eigenvalue weighted by atomic mass is 10.3. The maximum atomic E-state index is 13.7. The summed E-state index contributed by atoms with van der Waals surface area (Å²) in [5.74, 6) is -2.21. The van der Waals surface area contributed by atoms with Crippen molar-refractivity contribution in [3.63, 3.8) is 0 Å². The van der Waals surface area contributed by atoms with Crippen molar-refractivity contribution >= 4 is 34.2 Å². The number of halogens is 2. The number of carbonyl (C=O) groups is 1. The molecule has 10 heteroatoms. The van der Waals surface area contributed by atoms with Crippen molar-refractivity contribution in [3.05, 3.63) is 56.1 Å². The molecule has 2 heterocycles. The molecule has 1 aliphatic carbocycles. The van der Waals surface area contributed by atoms with Gasteiger partial charge >= 0.3 is 5.69 Å². The SMILES string of the molecule is O=C(Cn1c(=O)n(C2CC2)c(=O)c2nscc21)Nc1cc(F)ccc1F. The van der Waals surface area contributed by atoms with E-state index >= 15 is 0 Å². The summed E-state index contributed by atoms with van der Waals surface area (Å²) in [6.07, 6.45) is 1.43. The maximum absolute atomic E-state index is 13.7. The normalized spacial score (nSPS) is 13.9. The lowest BCUT2D eigenvalue weighted by Crippen LogP contribution is -2.41. The van der Waals surface area contributed by atoms with Crippen LogP contribution in [0.3, 0.4) is 0 Å². The highest BCUT2D eigenvalue weighted by Crippen LogP contribution is 2.32. The number of benzene rings is 1. The first kappa shape index (κ1) is 16.6. The molecule has 0 bridgehead atoms. The van der Waals surface area contributed by atoms with Crippen LogP contribution in [-0.4, -0.2) is 19.4 Å². The Bertz CT molecular complexity index is 1150. The molecule has 0 saturated heterocycles. The molecule has 0 unspecified atom stereocenters. The van der Waals surface area contributed by atoms with Crippen molar-refractivity contribution in [2.24, 2.45) is 0 Å². The van der Waals surface area contributed by atoms with Gasteiger partial charge in [0, 0.05) is 17.5 Å². The van der Waals surface area contributed by atoms with E-state index in [1.165, 1.54) is 5.38 Å². The smallest absolute Gasteiger partial charge is 0.322 e. The van der Waals surface area contributed by atoms with Gasteiger partial charge in [0.25, 0.3) is 5.56 Å². The zero-order valence-corrected chi connectivity index (χ0v) is 14.1. The van der Waals surface area contributed by atoms with Gasteiger partial charge in [-0.15, -0.1) is 0 Å². The minimum absolute atomic E-state index is 0.117. The van der Waals surface area contributed by atoms with E-state index in [4.69, 9.17) is 0 Å². The molecule has 26 heavy (non-hydrogen) atoms. The summed E-state index contributed by atoms with van der Waals surface area (Å²) in [4.78, 5) is 37.4. The quantitative estimate of drug-likeness (QED) is 0.751. The first-order valence-corrected chi connectivity index (χ1v) is 8.63. The number of carbonyl (C=O) groups excluding carboxylic acids is 1. The minimum atomic E-state index is -0.794. The summed E-state index contributed by atoms with van der Waals surface area (Å²) in [5, 5.41) is 3.75. The minimum Gasteiger partial charge on any atom is -0.322 e. The van der Waals surface area contributed by atoms with Gasteiger partial charge in [-0.25, -0.2) is 13.6 Å². The van der Waals surface area contributed by atoms with Gasteiger partial charge in [0.2, 0.25) is 5.91 Å². The van der Waals surface area contributed by atoms with Crippen molar-refractivity contribution in [3.8, 4) is 0 Å². The van der Waals surface area contributed by atoms with Crippen molar-refractivity contribution in [1.82, 2.24) is 13.5 Å². The lowest BCUT2D eigenvalue weighted by Gasteiger charge is -2.12. The molecule has 2 aromatic heterocycles. The van der Waals surface area contributed by atoms with Crippen LogP contribution in [-0.2, 0) is 11.3 Å². The fourth-order valence-electron chi connectivity index (χ4n) is 2.74. The Morgan fingerprint density at radius 3 is 2.81 bits per heavy atom. The number of hydrogen-bond acceptors (Lipinski definition) is 5. The number of hydrogen-bond donors (Lipinski definition) is 1. The van der Waals surface area contributed by atoms with E-state index in [2.05, 4.69) is 9.69 Å². The molecule has 0 spiro atoms. The maximum Gasteiger partial charge on any atom is 0.332 e. The second kappa shape index (κ2) is 6.13. The Labute approximate surface area is 148 Å². The molecule has 0 atom stereocenters. The van der Waals surface area contributed by atoms with Crippen molar-refractivity contribution in [2.75, 3.05) is 5.32 Å². The molecule has 1 aromatic carbocycles. The van der Waals surface area contributed by atoms with Gasteiger partial charge < -0.3 is 5.32 Å². The Morgan fingerprint density at radius 1 is 1.31 bits per heavy atom. The van der Waals surface area contributed by atoms with Crippen LogP contribution >= 0.6 is 11.5 Å². The second-order valence-corrected chi connectivity index (χ2v) is 6.62. The lowest BCUT2D eigenvalue weighted by molar-refractivity contribution is -0.116. The third kappa shape index (κ3) is 2.81. The Hall–Kier alpha value is -2.88. The number of rotatable bonds is 4. The van der Waals surface area contributed by atoms with E-state index < -0.39 is 35.3 Å². The van der Waals surface area contributed by atoms with E-state index in [1.807, 2.05) is 0 Å². The molecular weight excluding hydrogens is 366 g/mol. The Balaban J connectivity index is 1.72. The van der Waals surface area contributed by atoms with Gasteiger partial charge in [-0.3, -0.25) is 18.7 Å². The predicted octanol–water partition coefficient (Wildman–Crippen LogP) is 1.87. The molecule has 1 aliphatic rings. The molecular formula is C16H12F2N4O3S. The van der Waals surface area contributed by atoms with Crippen molar-refractivity contribution in [2.45, 2.75) is 25.4 Å². The first-order valence-electron chi connectivity index (χ1n) is 7.80. The summed E-state index contributed by atoms with van der Waals surface area (Å²) in [5.41, 5.74) is -1.04. The largest absolute Gasteiger partial charge is 0.332 e. The highest BCUT2D eigenvalue weighted by Gasteiger charge is 2.29. The van der Waals surface area contributed by atoms with Crippen LogP contribution in [0, 0.1) is 11.6 Å². The molecule has 1 N–H and O–H groups in total. The van der Waals surface area contributed by atoms with Gasteiger partial charge in [-0.2, -0.15) is 4.37 Å². The molecule has 7 nitrogen and oxygen atoms in total. The first-order chi connectivity index (χ1) is 12.5. The van der Waals surface area contributed by atoms with Gasteiger partial charge in [-0.1, -0.05) is 0 Å². The van der Waals surface area contributed by atoms with Crippen LogP contribution in [0.4, 0.5) is 14.5 Å². The third-order valence-electron chi connectivity index (χ3n) is 4.12.